The van der Waals surface area contributed by atoms with E-state index in [0.29, 0.717) is 35.9 Å². The van der Waals surface area contributed by atoms with E-state index < -0.39 is 0 Å². The van der Waals surface area contributed by atoms with Gasteiger partial charge in [0.2, 0.25) is 0 Å². The number of amides is 2. The molecule has 0 unspecified atom stereocenters. The largest absolute Gasteiger partial charge is 0.493 e. The number of rotatable bonds is 7. The zero-order valence-electron chi connectivity index (χ0n) is 17.7. The molecule has 1 aliphatic rings. The van der Waals surface area contributed by atoms with E-state index in [1.54, 1.807) is 6.92 Å². The molecule has 0 saturated carbocycles. The molecule has 29 heavy (non-hydrogen) atoms. The lowest BCUT2D eigenvalue weighted by Gasteiger charge is -2.14. The molecule has 5 nitrogen and oxygen atoms in total. The Hall–Kier alpha value is -3.08. The molecule has 152 valence electrons. The summed E-state index contributed by atoms with van der Waals surface area (Å²) in [6.45, 7) is 11.0. The number of nitrogens with one attached hydrogen (secondary N) is 1. The summed E-state index contributed by atoms with van der Waals surface area (Å²) in [6.07, 6.45) is 0. The van der Waals surface area contributed by atoms with Crippen LogP contribution in [-0.2, 0) is 9.59 Å². The van der Waals surface area contributed by atoms with E-state index in [1.807, 2.05) is 56.3 Å². The number of likely N-dealkylation sites (N-methyl/N-ethyl adjacent to an activating group) is 1. The number of benzene rings is 2. The molecule has 0 fully saturated rings. The maximum atomic E-state index is 13.0. The first-order valence-electron chi connectivity index (χ1n) is 10.00. The average Bonchev–Trinajstić information content (AvgIpc) is 2.93. The third-order valence-corrected chi connectivity index (χ3v) is 5.07. The van der Waals surface area contributed by atoms with Gasteiger partial charge in [-0.1, -0.05) is 38.1 Å². The van der Waals surface area contributed by atoms with E-state index in [2.05, 4.69) is 19.2 Å². The highest BCUT2D eigenvalue weighted by Gasteiger charge is 2.38. The zero-order valence-corrected chi connectivity index (χ0v) is 17.7. The minimum absolute atomic E-state index is 0.277. The van der Waals surface area contributed by atoms with Crippen LogP contribution in [-0.4, -0.2) is 29.9 Å². The zero-order chi connectivity index (χ0) is 21.1. The van der Waals surface area contributed by atoms with Crippen molar-refractivity contribution in [2.24, 2.45) is 5.92 Å². The van der Waals surface area contributed by atoms with Gasteiger partial charge >= 0.3 is 0 Å². The number of anilines is 1. The van der Waals surface area contributed by atoms with Gasteiger partial charge in [-0.25, -0.2) is 0 Å². The fraction of sp³-hybridized carbons (Fsp3) is 0.333. The van der Waals surface area contributed by atoms with Crippen LogP contribution >= 0.6 is 0 Å². The lowest BCUT2D eigenvalue weighted by atomic mass is 10.0. The van der Waals surface area contributed by atoms with Gasteiger partial charge in [-0.05, 0) is 61.6 Å². The van der Waals surface area contributed by atoms with E-state index in [-0.39, 0.29) is 11.8 Å². The Kier molecular flexibility index (Phi) is 6.06. The highest BCUT2D eigenvalue weighted by Crippen LogP contribution is 2.32. The Morgan fingerprint density at radius 1 is 1.00 bits per heavy atom. The average molecular weight is 392 g/mol. The van der Waals surface area contributed by atoms with Crippen LogP contribution in [0.5, 0.6) is 5.75 Å². The number of carbonyl (C=O) groups excluding carboxylic acids is 2. The van der Waals surface area contributed by atoms with Crippen LogP contribution in [0.25, 0.3) is 5.57 Å². The van der Waals surface area contributed by atoms with Gasteiger partial charge in [-0.2, -0.15) is 0 Å². The van der Waals surface area contributed by atoms with Gasteiger partial charge in [0.25, 0.3) is 11.8 Å². The van der Waals surface area contributed by atoms with Crippen LogP contribution < -0.4 is 10.1 Å². The van der Waals surface area contributed by atoms with Crippen molar-refractivity contribution in [1.82, 2.24) is 4.90 Å². The topological polar surface area (TPSA) is 58.6 Å². The Morgan fingerprint density at radius 2 is 1.69 bits per heavy atom. The van der Waals surface area contributed by atoms with Gasteiger partial charge < -0.3 is 10.1 Å². The fourth-order valence-electron chi connectivity index (χ4n) is 3.25. The van der Waals surface area contributed by atoms with Gasteiger partial charge in [0.1, 0.15) is 11.4 Å². The first kappa shape index (κ1) is 20.6. The number of hydrogen-bond acceptors (Lipinski definition) is 4. The molecule has 1 heterocycles. The number of aryl methyl sites for hydroxylation is 1. The van der Waals surface area contributed by atoms with Crippen LogP contribution in [0.3, 0.4) is 0 Å². The summed E-state index contributed by atoms with van der Waals surface area (Å²) in [7, 11) is 0. The van der Waals surface area contributed by atoms with E-state index in [0.717, 1.165) is 22.6 Å². The lowest BCUT2D eigenvalue weighted by Crippen LogP contribution is -2.32. The van der Waals surface area contributed by atoms with Crippen molar-refractivity contribution < 1.29 is 14.3 Å². The van der Waals surface area contributed by atoms with E-state index in [1.165, 1.54) is 4.90 Å². The minimum Gasteiger partial charge on any atom is -0.493 e. The summed E-state index contributed by atoms with van der Waals surface area (Å²) in [5, 5.41) is 3.23. The van der Waals surface area contributed by atoms with Crippen molar-refractivity contribution in [2.45, 2.75) is 34.6 Å². The monoisotopic (exact) mass is 392 g/mol. The van der Waals surface area contributed by atoms with Crippen molar-refractivity contribution in [3.8, 4) is 5.75 Å². The Bertz CT molecular complexity index is 959. The molecule has 0 saturated heterocycles. The van der Waals surface area contributed by atoms with Crippen molar-refractivity contribution in [1.29, 1.82) is 0 Å². The summed E-state index contributed by atoms with van der Waals surface area (Å²) >= 11 is 0. The summed E-state index contributed by atoms with van der Waals surface area (Å²) in [5.41, 5.74) is 4.41. The fourth-order valence-corrected chi connectivity index (χ4v) is 3.25. The van der Waals surface area contributed by atoms with E-state index in [4.69, 9.17) is 4.74 Å². The maximum absolute atomic E-state index is 13.0. The standard InChI is InChI=1S/C24H28N2O3/c1-6-26-23(27)21(18-10-12-19(13-11-18)29-14-15(2)3)22(24(26)28)25-20-9-7-8-16(4)17(20)5/h7-13,15,25H,6,14H2,1-5H3. The van der Waals surface area contributed by atoms with Crippen LogP contribution in [0, 0.1) is 19.8 Å². The van der Waals surface area contributed by atoms with Gasteiger partial charge in [0.05, 0.1) is 12.2 Å². The number of nitrogens with zero attached hydrogens (tertiary/aromatic N) is 1. The third-order valence-electron chi connectivity index (χ3n) is 5.07. The molecule has 0 bridgehead atoms. The third kappa shape index (κ3) is 4.19. The maximum Gasteiger partial charge on any atom is 0.278 e. The van der Waals surface area contributed by atoms with Gasteiger partial charge in [-0.15, -0.1) is 0 Å². The molecular formula is C24H28N2O3. The second kappa shape index (κ2) is 8.52. The number of ether oxygens (including phenoxy) is 1. The van der Waals surface area contributed by atoms with Crippen LogP contribution in [0.4, 0.5) is 5.69 Å². The molecule has 0 aromatic heterocycles. The smallest absolute Gasteiger partial charge is 0.278 e. The van der Waals surface area contributed by atoms with Crippen LogP contribution in [0.1, 0.15) is 37.5 Å². The molecule has 0 spiro atoms. The van der Waals surface area contributed by atoms with E-state index >= 15 is 0 Å². The Labute approximate surface area is 172 Å². The second-order valence-electron chi connectivity index (χ2n) is 7.71. The normalized spacial score (nSPS) is 14.2. The van der Waals surface area contributed by atoms with Crippen molar-refractivity contribution in [2.75, 3.05) is 18.5 Å². The summed E-state index contributed by atoms with van der Waals surface area (Å²) in [4.78, 5) is 27.2. The molecular weight excluding hydrogens is 364 g/mol. The van der Waals surface area contributed by atoms with Crippen molar-refractivity contribution in [3.63, 3.8) is 0 Å². The second-order valence-corrected chi connectivity index (χ2v) is 7.71. The first-order valence-corrected chi connectivity index (χ1v) is 10.00. The molecule has 1 aliphatic heterocycles. The molecule has 2 amide bonds. The molecule has 2 aromatic carbocycles. The van der Waals surface area contributed by atoms with Crippen molar-refractivity contribution in [3.05, 3.63) is 64.9 Å². The predicted octanol–water partition coefficient (Wildman–Crippen LogP) is 4.55. The molecule has 5 heteroatoms. The summed E-state index contributed by atoms with van der Waals surface area (Å²) in [6, 6.07) is 13.2. The van der Waals surface area contributed by atoms with Gasteiger partial charge in [0, 0.05) is 12.2 Å². The molecule has 2 aromatic rings. The highest BCUT2D eigenvalue weighted by atomic mass is 16.5. The predicted molar refractivity (Wildman–Crippen MR) is 116 cm³/mol. The van der Waals surface area contributed by atoms with Gasteiger partial charge in [0.15, 0.2) is 0 Å². The summed E-state index contributed by atoms with van der Waals surface area (Å²) in [5.74, 6) is 0.601. The molecule has 3 rings (SSSR count). The minimum atomic E-state index is -0.298. The Balaban J connectivity index is 1.99. The van der Waals surface area contributed by atoms with Crippen molar-refractivity contribution >= 4 is 23.1 Å². The number of imide groups is 1. The van der Waals surface area contributed by atoms with Gasteiger partial charge in [-0.3, -0.25) is 14.5 Å². The number of carbonyl (C=O) groups is 2. The van der Waals surface area contributed by atoms with Crippen LogP contribution in [0.2, 0.25) is 0 Å². The quantitative estimate of drug-likeness (QED) is 0.702. The molecule has 0 atom stereocenters. The highest BCUT2D eigenvalue weighted by molar-refractivity contribution is 6.36. The lowest BCUT2D eigenvalue weighted by molar-refractivity contribution is -0.136. The van der Waals surface area contributed by atoms with Crippen LogP contribution in [0.15, 0.2) is 48.2 Å². The summed E-state index contributed by atoms with van der Waals surface area (Å²) < 4.78 is 5.73. The van der Waals surface area contributed by atoms with E-state index in [9.17, 15) is 9.59 Å². The SMILES string of the molecule is CCN1C(=O)C(Nc2cccc(C)c2C)=C(c2ccc(OCC(C)C)cc2)C1=O. The number of hydrogen-bond donors (Lipinski definition) is 1. The Morgan fingerprint density at radius 3 is 2.31 bits per heavy atom. The molecule has 0 aliphatic carbocycles. The first-order chi connectivity index (χ1) is 13.8. The molecule has 0 radical (unpaired) electrons. The molecule has 1 N–H and O–H groups in total.